The molecule has 142 valence electrons. The van der Waals surface area contributed by atoms with E-state index < -0.39 is 0 Å². The molecule has 1 aromatic carbocycles. The largest absolute Gasteiger partial charge is 0.497 e. The Hall–Kier alpha value is -2.94. The van der Waals surface area contributed by atoms with E-state index in [0.717, 1.165) is 17.3 Å². The van der Waals surface area contributed by atoms with Crippen LogP contribution in [-0.2, 0) is 4.79 Å². The van der Waals surface area contributed by atoms with E-state index in [4.69, 9.17) is 18.3 Å². The lowest BCUT2D eigenvalue weighted by Gasteiger charge is -2.18. The van der Waals surface area contributed by atoms with Crippen LogP contribution in [0, 0.1) is 0 Å². The molecule has 1 atom stereocenters. The molecule has 0 aliphatic carbocycles. The second-order valence-electron chi connectivity index (χ2n) is 5.54. The van der Waals surface area contributed by atoms with Crippen LogP contribution in [0.4, 0.5) is 0 Å². The third-order valence-electron chi connectivity index (χ3n) is 3.75. The Morgan fingerprint density at radius 3 is 2.81 bits per heavy atom. The molecule has 0 radical (unpaired) electrons. The normalized spacial score (nSPS) is 11.8. The van der Waals surface area contributed by atoms with Crippen molar-refractivity contribution < 1.29 is 23.1 Å². The van der Waals surface area contributed by atoms with Crippen molar-refractivity contribution >= 4 is 17.7 Å². The van der Waals surface area contributed by atoms with Gasteiger partial charge in [-0.3, -0.25) is 4.79 Å². The van der Waals surface area contributed by atoms with Gasteiger partial charge >= 0.3 is 0 Å². The van der Waals surface area contributed by atoms with Gasteiger partial charge in [-0.05, 0) is 37.3 Å². The molecule has 0 bridgehead atoms. The summed E-state index contributed by atoms with van der Waals surface area (Å²) in [6.45, 7) is 1.88. The van der Waals surface area contributed by atoms with Gasteiger partial charge in [-0.15, -0.1) is 10.2 Å². The summed E-state index contributed by atoms with van der Waals surface area (Å²) in [5, 5.41) is 11.0. The highest BCUT2D eigenvalue weighted by molar-refractivity contribution is 7.99. The van der Waals surface area contributed by atoms with Gasteiger partial charge in [0, 0.05) is 5.56 Å². The number of rotatable bonds is 8. The fourth-order valence-electron chi connectivity index (χ4n) is 2.43. The zero-order chi connectivity index (χ0) is 19.2. The van der Waals surface area contributed by atoms with Gasteiger partial charge in [-0.1, -0.05) is 11.8 Å². The minimum Gasteiger partial charge on any atom is -0.497 e. The first-order valence-corrected chi connectivity index (χ1v) is 9.10. The number of ether oxygens (including phenoxy) is 2. The highest BCUT2D eigenvalue weighted by Gasteiger charge is 2.17. The summed E-state index contributed by atoms with van der Waals surface area (Å²) in [6.07, 6.45) is 1.52. The molecule has 9 heteroatoms. The van der Waals surface area contributed by atoms with Gasteiger partial charge in [0.25, 0.3) is 11.1 Å². The number of methoxy groups -OCH3 is 2. The second kappa shape index (κ2) is 8.63. The highest BCUT2D eigenvalue weighted by atomic mass is 32.2. The zero-order valence-electron chi connectivity index (χ0n) is 15.1. The Morgan fingerprint density at radius 2 is 2.11 bits per heavy atom. The molecule has 0 aliphatic rings. The zero-order valence-corrected chi connectivity index (χ0v) is 15.9. The molecule has 0 spiro atoms. The van der Waals surface area contributed by atoms with E-state index in [2.05, 4.69) is 15.5 Å². The minimum atomic E-state index is -0.260. The fraction of sp³-hybridized carbons (Fsp3) is 0.278. The summed E-state index contributed by atoms with van der Waals surface area (Å²) in [4.78, 5) is 12.3. The third-order valence-corrected chi connectivity index (χ3v) is 4.56. The molecule has 0 fully saturated rings. The van der Waals surface area contributed by atoms with Crippen LogP contribution in [0.2, 0.25) is 0 Å². The smallest absolute Gasteiger partial charge is 0.284 e. The van der Waals surface area contributed by atoms with Crippen molar-refractivity contribution in [2.75, 3.05) is 20.0 Å². The molecule has 1 N–H and O–H groups in total. The molecule has 3 rings (SSSR count). The van der Waals surface area contributed by atoms with Gasteiger partial charge in [0.15, 0.2) is 5.76 Å². The van der Waals surface area contributed by atoms with Crippen molar-refractivity contribution in [3.8, 4) is 23.1 Å². The Labute approximate surface area is 160 Å². The van der Waals surface area contributed by atoms with Crippen molar-refractivity contribution in [1.82, 2.24) is 15.5 Å². The van der Waals surface area contributed by atoms with Crippen molar-refractivity contribution in [3.05, 3.63) is 42.2 Å². The molecule has 27 heavy (non-hydrogen) atoms. The maximum Gasteiger partial charge on any atom is 0.284 e. The minimum absolute atomic E-state index is 0.135. The molecule has 0 saturated carbocycles. The number of carbonyl (C=O) groups excluding carboxylic acids is 1. The van der Waals surface area contributed by atoms with Gasteiger partial charge in [-0.2, -0.15) is 0 Å². The van der Waals surface area contributed by atoms with E-state index in [0.29, 0.717) is 22.5 Å². The predicted octanol–water partition coefficient (Wildman–Crippen LogP) is 3.32. The first-order valence-electron chi connectivity index (χ1n) is 8.12. The van der Waals surface area contributed by atoms with Gasteiger partial charge in [0.05, 0.1) is 32.3 Å². The Kier molecular flexibility index (Phi) is 6.02. The van der Waals surface area contributed by atoms with Crippen molar-refractivity contribution in [1.29, 1.82) is 0 Å². The number of nitrogens with zero attached hydrogens (tertiary/aromatic N) is 2. The second-order valence-corrected chi connectivity index (χ2v) is 6.46. The Morgan fingerprint density at radius 1 is 1.26 bits per heavy atom. The topological polar surface area (TPSA) is 99.6 Å². The first-order chi connectivity index (χ1) is 13.1. The molecule has 0 saturated heterocycles. The Bertz CT molecular complexity index is 894. The van der Waals surface area contributed by atoms with Crippen LogP contribution in [0.15, 0.2) is 50.7 Å². The molecule has 1 amide bonds. The number of benzene rings is 1. The molecule has 2 heterocycles. The summed E-state index contributed by atoms with van der Waals surface area (Å²) in [5.41, 5.74) is 0.827. The van der Waals surface area contributed by atoms with Gasteiger partial charge < -0.3 is 23.6 Å². The van der Waals surface area contributed by atoms with Crippen LogP contribution in [0.1, 0.15) is 18.5 Å². The standard InChI is InChI=1S/C18H19N3O5S/c1-11(13-9-12(23-2)6-7-14(13)24-3)19-16(22)10-27-18-21-20-17(26-18)15-5-4-8-25-15/h4-9,11H,10H2,1-3H3,(H,19,22)/t11-/m1/s1. The number of hydrogen-bond donors (Lipinski definition) is 1. The summed E-state index contributed by atoms with van der Waals surface area (Å²) in [6, 6.07) is 8.64. The molecule has 3 aromatic rings. The lowest BCUT2D eigenvalue weighted by molar-refractivity contribution is -0.119. The number of amides is 1. The van der Waals surface area contributed by atoms with Gasteiger partial charge in [0.2, 0.25) is 5.91 Å². The lowest BCUT2D eigenvalue weighted by atomic mass is 10.1. The summed E-state index contributed by atoms with van der Waals surface area (Å²) >= 11 is 1.15. The number of nitrogens with one attached hydrogen (secondary N) is 1. The van der Waals surface area contributed by atoms with Crippen molar-refractivity contribution in [2.45, 2.75) is 18.2 Å². The molecule has 8 nitrogen and oxygen atoms in total. The van der Waals surface area contributed by atoms with E-state index in [1.54, 1.807) is 38.5 Å². The number of carbonyl (C=O) groups is 1. The van der Waals surface area contributed by atoms with Crippen LogP contribution < -0.4 is 14.8 Å². The lowest BCUT2D eigenvalue weighted by Crippen LogP contribution is -2.28. The summed E-state index contributed by atoms with van der Waals surface area (Å²) < 4.78 is 21.3. The third kappa shape index (κ3) is 4.62. The van der Waals surface area contributed by atoms with Crippen LogP contribution in [0.5, 0.6) is 11.5 Å². The average molecular weight is 389 g/mol. The average Bonchev–Trinajstić information content (AvgIpc) is 3.37. The fourth-order valence-corrected chi connectivity index (χ4v) is 3.01. The van der Waals surface area contributed by atoms with Crippen LogP contribution >= 0.6 is 11.8 Å². The number of aromatic nitrogens is 2. The summed E-state index contributed by atoms with van der Waals surface area (Å²) in [7, 11) is 3.18. The van der Waals surface area contributed by atoms with E-state index in [9.17, 15) is 4.79 Å². The maximum absolute atomic E-state index is 12.3. The number of hydrogen-bond acceptors (Lipinski definition) is 8. The monoisotopic (exact) mass is 389 g/mol. The van der Waals surface area contributed by atoms with Crippen LogP contribution in [0.25, 0.3) is 11.7 Å². The molecular weight excluding hydrogens is 370 g/mol. The van der Waals surface area contributed by atoms with Crippen LogP contribution in [0.3, 0.4) is 0 Å². The SMILES string of the molecule is COc1ccc(OC)c([C@@H](C)NC(=O)CSc2nnc(-c3ccco3)o2)c1. The molecule has 2 aromatic heterocycles. The van der Waals surface area contributed by atoms with E-state index >= 15 is 0 Å². The van der Waals surface area contributed by atoms with Crippen molar-refractivity contribution in [3.63, 3.8) is 0 Å². The first kappa shape index (κ1) is 18.8. The van der Waals surface area contributed by atoms with Gasteiger partial charge in [-0.25, -0.2) is 0 Å². The number of furan rings is 1. The molecule has 0 aliphatic heterocycles. The predicted molar refractivity (Wildman–Crippen MR) is 98.8 cm³/mol. The maximum atomic E-state index is 12.3. The van der Waals surface area contributed by atoms with E-state index in [1.807, 2.05) is 13.0 Å². The summed E-state index contributed by atoms with van der Waals surface area (Å²) in [5.74, 6) is 2.09. The van der Waals surface area contributed by atoms with Crippen molar-refractivity contribution in [2.24, 2.45) is 0 Å². The van der Waals surface area contributed by atoms with Crippen LogP contribution in [-0.4, -0.2) is 36.1 Å². The van der Waals surface area contributed by atoms with E-state index in [-0.39, 0.29) is 23.6 Å². The van der Waals surface area contributed by atoms with E-state index in [1.165, 1.54) is 6.26 Å². The molecule has 0 unspecified atom stereocenters. The Balaban J connectivity index is 1.58. The number of thioether (sulfide) groups is 1. The van der Waals surface area contributed by atoms with Gasteiger partial charge in [0.1, 0.15) is 11.5 Å². The quantitative estimate of drug-likeness (QED) is 0.586. The highest BCUT2D eigenvalue weighted by Crippen LogP contribution is 2.29. The molecular formula is C18H19N3O5S.